The molecule has 4 aromatic rings. The molecular formula is C18H13ClN4. The van der Waals surface area contributed by atoms with E-state index >= 15 is 0 Å². The Balaban J connectivity index is 2.22. The van der Waals surface area contributed by atoms with Crippen molar-refractivity contribution in [2.45, 2.75) is 0 Å². The third-order valence-corrected chi connectivity index (χ3v) is 4.09. The molecule has 4 N–H and O–H groups in total. The Bertz CT molecular complexity index is 1060. The monoisotopic (exact) mass is 320 g/mol. The van der Waals surface area contributed by atoms with E-state index in [1.807, 2.05) is 48.5 Å². The minimum atomic E-state index is 0.232. The topological polar surface area (TPSA) is 77.8 Å². The molecule has 0 spiro atoms. The van der Waals surface area contributed by atoms with Crippen LogP contribution in [0.5, 0.6) is 0 Å². The van der Waals surface area contributed by atoms with Crippen LogP contribution in [0.25, 0.3) is 32.9 Å². The molecule has 112 valence electrons. The van der Waals surface area contributed by atoms with Crippen LogP contribution < -0.4 is 11.5 Å². The average Bonchev–Trinajstić information content (AvgIpc) is 2.54. The molecular weight excluding hydrogens is 308 g/mol. The van der Waals surface area contributed by atoms with E-state index in [1.54, 1.807) is 0 Å². The Morgan fingerprint density at radius 2 is 1.61 bits per heavy atom. The largest absolute Gasteiger partial charge is 0.381 e. The first-order valence-electron chi connectivity index (χ1n) is 7.14. The number of nitrogen functional groups attached to an aromatic ring is 2. The fourth-order valence-electron chi connectivity index (χ4n) is 2.82. The van der Waals surface area contributed by atoms with Crippen LogP contribution >= 0.6 is 11.6 Å². The summed E-state index contributed by atoms with van der Waals surface area (Å²) in [6.45, 7) is 0. The highest BCUT2D eigenvalue weighted by Gasteiger charge is 2.14. The van der Waals surface area contributed by atoms with Crippen LogP contribution in [0.1, 0.15) is 0 Å². The van der Waals surface area contributed by atoms with Gasteiger partial charge in [0.15, 0.2) is 11.6 Å². The van der Waals surface area contributed by atoms with Crippen LogP contribution in [0.15, 0.2) is 54.6 Å². The molecule has 4 nitrogen and oxygen atoms in total. The predicted molar refractivity (Wildman–Crippen MR) is 96.3 cm³/mol. The minimum absolute atomic E-state index is 0.232. The quantitative estimate of drug-likeness (QED) is 0.513. The van der Waals surface area contributed by atoms with Crippen molar-refractivity contribution in [3.05, 3.63) is 59.6 Å². The van der Waals surface area contributed by atoms with E-state index in [-0.39, 0.29) is 11.6 Å². The van der Waals surface area contributed by atoms with Crippen LogP contribution in [-0.4, -0.2) is 9.97 Å². The van der Waals surface area contributed by atoms with Gasteiger partial charge in [-0.25, -0.2) is 9.97 Å². The van der Waals surface area contributed by atoms with Crippen molar-refractivity contribution in [3.8, 4) is 11.1 Å². The lowest BCUT2D eigenvalue weighted by Gasteiger charge is -2.12. The highest BCUT2D eigenvalue weighted by Crippen LogP contribution is 2.36. The Labute approximate surface area is 137 Å². The SMILES string of the molecule is Nc1nc2cc3ccccc3c(-c3cccc(Cl)c3)c2nc1N. The number of nitrogens with zero attached hydrogens (tertiary/aromatic N) is 2. The number of anilines is 2. The number of fused-ring (bicyclic) bond motifs is 2. The Morgan fingerprint density at radius 1 is 0.826 bits per heavy atom. The predicted octanol–water partition coefficient (Wildman–Crippen LogP) is 4.27. The normalized spacial score (nSPS) is 11.2. The average molecular weight is 321 g/mol. The summed E-state index contributed by atoms with van der Waals surface area (Å²) in [7, 11) is 0. The Morgan fingerprint density at radius 3 is 2.43 bits per heavy atom. The van der Waals surface area contributed by atoms with Crippen LogP contribution in [0.3, 0.4) is 0 Å². The van der Waals surface area contributed by atoms with E-state index in [9.17, 15) is 0 Å². The van der Waals surface area contributed by atoms with Crippen molar-refractivity contribution >= 4 is 45.0 Å². The molecule has 5 heteroatoms. The molecule has 0 aliphatic rings. The summed E-state index contributed by atoms with van der Waals surface area (Å²) >= 11 is 6.17. The fourth-order valence-corrected chi connectivity index (χ4v) is 3.01. The second-order valence-corrected chi connectivity index (χ2v) is 5.78. The Hall–Kier alpha value is -2.85. The number of hydrogen-bond acceptors (Lipinski definition) is 4. The summed E-state index contributed by atoms with van der Waals surface area (Å²) in [6, 6.07) is 17.7. The van der Waals surface area contributed by atoms with E-state index in [0.29, 0.717) is 10.5 Å². The number of rotatable bonds is 1. The van der Waals surface area contributed by atoms with Gasteiger partial charge in [-0.3, -0.25) is 0 Å². The van der Waals surface area contributed by atoms with Gasteiger partial charge < -0.3 is 11.5 Å². The smallest absolute Gasteiger partial charge is 0.166 e. The molecule has 1 heterocycles. The van der Waals surface area contributed by atoms with Gasteiger partial charge in [-0.05, 0) is 34.5 Å². The van der Waals surface area contributed by atoms with E-state index in [4.69, 9.17) is 23.1 Å². The van der Waals surface area contributed by atoms with Crippen molar-refractivity contribution < 1.29 is 0 Å². The van der Waals surface area contributed by atoms with E-state index < -0.39 is 0 Å². The maximum absolute atomic E-state index is 6.17. The van der Waals surface area contributed by atoms with Gasteiger partial charge in [-0.1, -0.05) is 48.0 Å². The molecule has 0 bridgehead atoms. The Kier molecular flexibility index (Phi) is 3.06. The zero-order valence-electron chi connectivity index (χ0n) is 12.1. The van der Waals surface area contributed by atoms with E-state index in [0.717, 1.165) is 27.4 Å². The number of benzene rings is 3. The van der Waals surface area contributed by atoms with Gasteiger partial charge in [0.25, 0.3) is 0 Å². The summed E-state index contributed by atoms with van der Waals surface area (Å²) in [5, 5.41) is 2.80. The second-order valence-electron chi connectivity index (χ2n) is 5.34. The first kappa shape index (κ1) is 13.8. The van der Waals surface area contributed by atoms with Gasteiger partial charge in [0.1, 0.15) is 0 Å². The van der Waals surface area contributed by atoms with Gasteiger partial charge in [0.2, 0.25) is 0 Å². The first-order chi connectivity index (χ1) is 11.1. The third kappa shape index (κ3) is 2.24. The molecule has 1 aromatic heterocycles. The van der Waals surface area contributed by atoms with E-state index in [2.05, 4.69) is 16.0 Å². The standard InChI is InChI=1S/C18H13ClN4/c19-12-6-3-5-11(8-12)15-13-7-2-1-4-10(13)9-14-16(15)23-18(21)17(20)22-14/h1-9H,(H2,20,22)(H2,21,23). The molecule has 0 atom stereocenters. The molecule has 3 aromatic carbocycles. The molecule has 0 unspecified atom stereocenters. The van der Waals surface area contributed by atoms with E-state index in [1.165, 1.54) is 0 Å². The molecule has 23 heavy (non-hydrogen) atoms. The van der Waals surface area contributed by atoms with Gasteiger partial charge in [-0.2, -0.15) is 0 Å². The summed E-state index contributed by atoms with van der Waals surface area (Å²) in [6.07, 6.45) is 0. The molecule has 0 amide bonds. The maximum Gasteiger partial charge on any atom is 0.166 e. The zero-order chi connectivity index (χ0) is 16.0. The summed E-state index contributed by atoms with van der Waals surface area (Å²) in [4.78, 5) is 8.87. The molecule has 0 aliphatic carbocycles. The number of hydrogen-bond donors (Lipinski definition) is 2. The van der Waals surface area contributed by atoms with Gasteiger partial charge in [0.05, 0.1) is 11.0 Å². The number of aromatic nitrogens is 2. The molecule has 0 saturated heterocycles. The lowest BCUT2D eigenvalue weighted by atomic mass is 9.96. The molecule has 4 rings (SSSR count). The lowest BCUT2D eigenvalue weighted by molar-refractivity contribution is 1.31. The highest BCUT2D eigenvalue weighted by atomic mass is 35.5. The fraction of sp³-hybridized carbons (Fsp3) is 0. The second kappa shape index (κ2) is 5.11. The summed E-state index contributed by atoms with van der Waals surface area (Å²) in [5.41, 5.74) is 15.1. The molecule has 0 radical (unpaired) electrons. The molecule has 0 saturated carbocycles. The van der Waals surface area contributed by atoms with Crippen LogP contribution in [0.4, 0.5) is 11.6 Å². The maximum atomic E-state index is 6.17. The van der Waals surface area contributed by atoms with Crippen molar-refractivity contribution in [1.82, 2.24) is 9.97 Å². The van der Waals surface area contributed by atoms with Crippen molar-refractivity contribution in [3.63, 3.8) is 0 Å². The number of halogens is 1. The molecule has 0 fully saturated rings. The van der Waals surface area contributed by atoms with Crippen molar-refractivity contribution in [2.24, 2.45) is 0 Å². The first-order valence-corrected chi connectivity index (χ1v) is 7.51. The van der Waals surface area contributed by atoms with Gasteiger partial charge >= 0.3 is 0 Å². The lowest BCUT2D eigenvalue weighted by Crippen LogP contribution is -2.02. The third-order valence-electron chi connectivity index (χ3n) is 3.85. The molecule has 0 aliphatic heterocycles. The minimum Gasteiger partial charge on any atom is -0.381 e. The summed E-state index contributed by atoms with van der Waals surface area (Å²) in [5.74, 6) is 0.473. The van der Waals surface area contributed by atoms with Crippen LogP contribution in [0.2, 0.25) is 5.02 Å². The number of nitrogens with two attached hydrogens (primary N) is 2. The zero-order valence-corrected chi connectivity index (χ0v) is 12.9. The van der Waals surface area contributed by atoms with Gasteiger partial charge in [-0.15, -0.1) is 0 Å². The summed E-state index contributed by atoms with van der Waals surface area (Å²) < 4.78 is 0. The highest BCUT2D eigenvalue weighted by molar-refractivity contribution is 6.31. The van der Waals surface area contributed by atoms with Crippen LogP contribution in [0, 0.1) is 0 Å². The van der Waals surface area contributed by atoms with Crippen LogP contribution in [-0.2, 0) is 0 Å². The van der Waals surface area contributed by atoms with Crippen molar-refractivity contribution in [1.29, 1.82) is 0 Å². The van der Waals surface area contributed by atoms with Crippen molar-refractivity contribution in [2.75, 3.05) is 11.5 Å². The van der Waals surface area contributed by atoms with Gasteiger partial charge in [0, 0.05) is 10.6 Å².